The van der Waals surface area contributed by atoms with Crippen molar-refractivity contribution in [2.24, 2.45) is 5.73 Å². The van der Waals surface area contributed by atoms with Crippen LogP contribution in [0.3, 0.4) is 0 Å². The van der Waals surface area contributed by atoms with Gasteiger partial charge < -0.3 is 10.3 Å². The Kier molecular flexibility index (Phi) is 2.26. The molecule has 0 saturated carbocycles. The van der Waals surface area contributed by atoms with Crippen molar-refractivity contribution in [3.8, 4) is 0 Å². The molecule has 0 aliphatic heterocycles. The van der Waals surface area contributed by atoms with Crippen LogP contribution in [0.25, 0.3) is 0 Å². The van der Waals surface area contributed by atoms with E-state index in [2.05, 4.69) is 14.7 Å². The van der Waals surface area contributed by atoms with Crippen LogP contribution in [0, 0.1) is 0 Å². The van der Waals surface area contributed by atoms with Crippen LogP contribution in [-0.4, -0.2) is 16.2 Å². The van der Waals surface area contributed by atoms with E-state index in [4.69, 9.17) is 5.73 Å². The number of hydrogen-bond donors (Lipinski definition) is 1. The molecule has 2 rings (SSSR count). The molecule has 15 heavy (non-hydrogen) atoms. The summed E-state index contributed by atoms with van der Waals surface area (Å²) in [7, 11) is 0. The van der Waals surface area contributed by atoms with Gasteiger partial charge in [0.05, 0.1) is 5.92 Å². The zero-order valence-corrected chi connectivity index (χ0v) is 7.53. The molecule has 0 bridgehead atoms. The molecule has 2 N–H and O–H groups in total. The Morgan fingerprint density at radius 1 is 1.40 bits per heavy atom. The molecule has 2 atom stereocenters. The minimum absolute atomic E-state index is 0.0356. The Hall–Kier alpha value is -1.37. The van der Waals surface area contributed by atoms with E-state index in [1.54, 1.807) is 12.2 Å². The molecule has 1 aromatic rings. The summed E-state index contributed by atoms with van der Waals surface area (Å²) in [6, 6.07) is -0.156. The van der Waals surface area contributed by atoms with Gasteiger partial charge in [-0.2, -0.15) is 18.2 Å². The summed E-state index contributed by atoms with van der Waals surface area (Å²) in [5.41, 5.74) is 5.56. The SMILES string of the molecule is NC1C=CC(c2nc(C(F)(F)F)no2)C1. The average molecular weight is 219 g/mol. The minimum Gasteiger partial charge on any atom is -0.338 e. The first-order chi connectivity index (χ1) is 6.97. The van der Waals surface area contributed by atoms with Crippen molar-refractivity contribution >= 4 is 0 Å². The Labute approximate surface area is 82.9 Å². The number of rotatable bonds is 1. The summed E-state index contributed by atoms with van der Waals surface area (Å²) in [5, 5.41) is 2.87. The van der Waals surface area contributed by atoms with Gasteiger partial charge in [-0.3, -0.25) is 0 Å². The second-order valence-corrected chi connectivity index (χ2v) is 3.34. The normalized spacial score (nSPS) is 26.1. The van der Waals surface area contributed by atoms with Crippen LogP contribution in [0.4, 0.5) is 13.2 Å². The molecular weight excluding hydrogens is 211 g/mol. The highest BCUT2D eigenvalue weighted by Gasteiger charge is 2.38. The Morgan fingerprint density at radius 3 is 2.60 bits per heavy atom. The van der Waals surface area contributed by atoms with Crippen LogP contribution in [0.2, 0.25) is 0 Å². The van der Waals surface area contributed by atoms with Crippen LogP contribution in [0.1, 0.15) is 24.1 Å². The lowest BCUT2D eigenvalue weighted by molar-refractivity contribution is -0.146. The largest absolute Gasteiger partial charge is 0.455 e. The van der Waals surface area contributed by atoms with Crippen LogP contribution in [0.5, 0.6) is 0 Å². The number of nitrogens with zero attached hydrogens (tertiary/aromatic N) is 2. The van der Waals surface area contributed by atoms with Crippen LogP contribution < -0.4 is 5.73 Å². The lowest BCUT2D eigenvalue weighted by Crippen LogP contribution is -2.14. The Balaban J connectivity index is 2.18. The van der Waals surface area contributed by atoms with Gasteiger partial charge in [-0.1, -0.05) is 17.3 Å². The highest BCUT2D eigenvalue weighted by Crippen LogP contribution is 2.31. The van der Waals surface area contributed by atoms with E-state index in [0.717, 1.165) is 0 Å². The van der Waals surface area contributed by atoms with E-state index >= 15 is 0 Å². The highest BCUT2D eigenvalue weighted by molar-refractivity contribution is 5.15. The first kappa shape index (κ1) is 10.2. The number of aromatic nitrogens is 2. The Morgan fingerprint density at radius 2 is 2.13 bits per heavy atom. The first-order valence-electron chi connectivity index (χ1n) is 4.31. The summed E-state index contributed by atoms with van der Waals surface area (Å²) in [6.45, 7) is 0. The molecule has 82 valence electrons. The molecule has 0 amide bonds. The van der Waals surface area contributed by atoms with Crippen LogP contribution >= 0.6 is 0 Å². The molecule has 0 saturated heterocycles. The maximum absolute atomic E-state index is 12.1. The molecule has 1 aliphatic rings. The standard InChI is InChI=1S/C8H8F3N3O/c9-8(10,11)7-13-6(15-14-7)4-1-2-5(12)3-4/h1-2,4-5H,3,12H2. The van der Waals surface area contributed by atoms with Crippen LogP contribution in [0.15, 0.2) is 16.7 Å². The second-order valence-electron chi connectivity index (χ2n) is 3.34. The summed E-state index contributed by atoms with van der Waals surface area (Å²) in [5.74, 6) is -1.58. The predicted molar refractivity (Wildman–Crippen MR) is 43.8 cm³/mol. The van der Waals surface area contributed by atoms with E-state index in [0.29, 0.717) is 6.42 Å². The third-order valence-electron chi connectivity index (χ3n) is 2.13. The van der Waals surface area contributed by atoms with Gasteiger partial charge in [0, 0.05) is 6.04 Å². The van der Waals surface area contributed by atoms with E-state index < -0.39 is 12.0 Å². The van der Waals surface area contributed by atoms with Crippen molar-refractivity contribution in [2.45, 2.75) is 24.6 Å². The Bertz CT molecular complexity index is 385. The summed E-state index contributed by atoms with van der Waals surface area (Å²) in [6.07, 6.45) is -0.674. The minimum atomic E-state index is -4.56. The summed E-state index contributed by atoms with van der Waals surface area (Å²) in [4.78, 5) is 3.29. The topological polar surface area (TPSA) is 64.9 Å². The van der Waals surface area contributed by atoms with Gasteiger partial charge >= 0.3 is 6.18 Å². The molecule has 1 heterocycles. The third kappa shape index (κ3) is 2.01. The highest BCUT2D eigenvalue weighted by atomic mass is 19.4. The van der Waals surface area contributed by atoms with Gasteiger partial charge in [0.2, 0.25) is 5.89 Å². The van der Waals surface area contributed by atoms with Gasteiger partial charge in [-0.25, -0.2) is 0 Å². The van der Waals surface area contributed by atoms with E-state index in [9.17, 15) is 13.2 Å². The van der Waals surface area contributed by atoms with Crippen LogP contribution in [-0.2, 0) is 6.18 Å². The zero-order chi connectivity index (χ0) is 11.1. The molecule has 0 spiro atoms. The number of allylic oxidation sites excluding steroid dienone is 1. The van der Waals surface area contributed by atoms with Gasteiger partial charge in [-0.05, 0) is 6.42 Å². The molecule has 0 fully saturated rings. The smallest absolute Gasteiger partial charge is 0.338 e. The number of hydrogen-bond acceptors (Lipinski definition) is 4. The van der Waals surface area contributed by atoms with Crippen molar-refractivity contribution in [1.29, 1.82) is 0 Å². The van der Waals surface area contributed by atoms with E-state index in [1.165, 1.54) is 0 Å². The van der Waals surface area contributed by atoms with Crippen molar-refractivity contribution in [3.05, 3.63) is 23.9 Å². The van der Waals surface area contributed by atoms with Gasteiger partial charge in [0.1, 0.15) is 0 Å². The van der Waals surface area contributed by atoms with Gasteiger partial charge in [0.15, 0.2) is 0 Å². The number of halogens is 3. The van der Waals surface area contributed by atoms with Crippen molar-refractivity contribution in [2.75, 3.05) is 0 Å². The molecule has 1 aliphatic carbocycles. The molecular formula is C8H8F3N3O. The fourth-order valence-corrected chi connectivity index (χ4v) is 1.41. The van der Waals surface area contributed by atoms with Crippen molar-refractivity contribution in [3.63, 3.8) is 0 Å². The molecule has 0 radical (unpaired) electrons. The van der Waals surface area contributed by atoms with Crippen molar-refractivity contribution < 1.29 is 17.7 Å². The monoisotopic (exact) mass is 219 g/mol. The number of alkyl halides is 3. The molecule has 0 aromatic carbocycles. The lowest BCUT2D eigenvalue weighted by Gasteiger charge is -2.02. The fraction of sp³-hybridized carbons (Fsp3) is 0.500. The third-order valence-corrected chi connectivity index (χ3v) is 2.13. The molecule has 2 unspecified atom stereocenters. The van der Waals surface area contributed by atoms with E-state index in [1.807, 2.05) is 0 Å². The second kappa shape index (κ2) is 3.34. The quantitative estimate of drug-likeness (QED) is 0.726. The fourth-order valence-electron chi connectivity index (χ4n) is 1.41. The van der Waals surface area contributed by atoms with Gasteiger partial charge in [0.25, 0.3) is 5.82 Å². The zero-order valence-electron chi connectivity index (χ0n) is 7.53. The summed E-state index contributed by atoms with van der Waals surface area (Å²) >= 11 is 0. The summed E-state index contributed by atoms with van der Waals surface area (Å²) < 4.78 is 40.9. The molecule has 1 aromatic heterocycles. The molecule has 4 nitrogen and oxygen atoms in total. The van der Waals surface area contributed by atoms with Crippen molar-refractivity contribution in [1.82, 2.24) is 10.1 Å². The average Bonchev–Trinajstić information content (AvgIpc) is 2.69. The van der Waals surface area contributed by atoms with Gasteiger partial charge in [-0.15, -0.1) is 0 Å². The first-order valence-corrected chi connectivity index (χ1v) is 4.31. The predicted octanol–water partition coefficient (Wildman–Crippen LogP) is 1.46. The maximum atomic E-state index is 12.1. The lowest BCUT2D eigenvalue weighted by atomic mass is 10.1. The molecule has 7 heteroatoms. The number of nitrogens with two attached hydrogens (primary N) is 1. The van der Waals surface area contributed by atoms with E-state index in [-0.39, 0.29) is 17.9 Å². The maximum Gasteiger partial charge on any atom is 0.455 e.